The number of hydrogen-bond donors (Lipinski definition) is 3. The number of hydrogen-bond acceptors (Lipinski definition) is 4. The first kappa shape index (κ1) is 17.0. The van der Waals surface area contributed by atoms with E-state index >= 15 is 0 Å². The van der Waals surface area contributed by atoms with Crippen LogP contribution in [0.25, 0.3) is 0 Å². The molecule has 0 fully saturated rings. The number of carboxylic acids is 1. The van der Waals surface area contributed by atoms with Gasteiger partial charge in [0.15, 0.2) is 5.60 Å². The van der Waals surface area contributed by atoms with Gasteiger partial charge in [-0.1, -0.05) is 15.9 Å². The highest BCUT2D eigenvalue weighted by atomic mass is 79.9. The number of thioether (sulfide) groups is 1. The van der Waals surface area contributed by atoms with Gasteiger partial charge in [0.25, 0.3) is 0 Å². The molecule has 2 unspecified atom stereocenters. The lowest BCUT2D eigenvalue weighted by atomic mass is 10.1. The van der Waals surface area contributed by atoms with Gasteiger partial charge in [0.05, 0.1) is 11.8 Å². The van der Waals surface area contributed by atoms with Crippen molar-refractivity contribution in [2.75, 3.05) is 6.54 Å². The van der Waals surface area contributed by atoms with Crippen molar-refractivity contribution in [2.45, 2.75) is 29.6 Å². The zero-order valence-corrected chi connectivity index (χ0v) is 13.5. The Balaban J connectivity index is 2.51. The summed E-state index contributed by atoms with van der Waals surface area (Å²) >= 11 is 4.69. The van der Waals surface area contributed by atoms with Crippen LogP contribution in [0.5, 0.6) is 0 Å². The van der Waals surface area contributed by atoms with Crippen LogP contribution in [0.2, 0.25) is 0 Å². The number of amides is 1. The van der Waals surface area contributed by atoms with Gasteiger partial charge in [-0.25, -0.2) is 4.79 Å². The van der Waals surface area contributed by atoms with Crippen LogP contribution in [-0.2, 0) is 9.59 Å². The zero-order chi connectivity index (χ0) is 15.3. The van der Waals surface area contributed by atoms with Gasteiger partial charge in [0.1, 0.15) is 0 Å². The minimum Gasteiger partial charge on any atom is -0.479 e. The Bertz CT molecular complexity index is 490. The van der Waals surface area contributed by atoms with E-state index in [0.717, 1.165) is 16.3 Å². The number of carbonyl (C=O) groups excluding carboxylic acids is 1. The van der Waals surface area contributed by atoms with Crippen LogP contribution in [0.4, 0.5) is 0 Å². The molecule has 0 radical (unpaired) electrons. The van der Waals surface area contributed by atoms with Gasteiger partial charge >= 0.3 is 5.97 Å². The molecule has 1 amide bonds. The van der Waals surface area contributed by atoms with E-state index in [1.54, 1.807) is 6.92 Å². The molecule has 1 aromatic rings. The van der Waals surface area contributed by atoms with Crippen molar-refractivity contribution in [1.29, 1.82) is 0 Å². The monoisotopic (exact) mass is 361 g/mol. The summed E-state index contributed by atoms with van der Waals surface area (Å²) in [4.78, 5) is 23.5. The van der Waals surface area contributed by atoms with Gasteiger partial charge in [-0.3, -0.25) is 4.79 Å². The van der Waals surface area contributed by atoms with Crippen molar-refractivity contribution in [1.82, 2.24) is 5.32 Å². The van der Waals surface area contributed by atoms with Crippen LogP contribution in [0.1, 0.15) is 13.8 Å². The van der Waals surface area contributed by atoms with Crippen LogP contribution < -0.4 is 5.32 Å². The van der Waals surface area contributed by atoms with E-state index in [9.17, 15) is 14.7 Å². The number of aliphatic carboxylic acids is 1. The number of nitrogens with one attached hydrogen (secondary N) is 1. The maximum atomic E-state index is 11.8. The molecular formula is C13H16BrNO4S. The average Bonchev–Trinajstić information content (AvgIpc) is 2.38. The van der Waals surface area contributed by atoms with Crippen molar-refractivity contribution in [3.8, 4) is 0 Å². The van der Waals surface area contributed by atoms with E-state index in [1.165, 1.54) is 11.8 Å². The number of halogens is 1. The summed E-state index contributed by atoms with van der Waals surface area (Å²) in [5.41, 5.74) is -1.96. The summed E-state index contributed by atoms with van der Waals surface area (Å²) in [6.07, 6.45) is 0. The molecular weight excluding hydrogens is 346 g/mol. The van der Waals surface area contributed by atoms with E-state index < -0.39 is 11.6 Å². The summed E-state index contributed by atoms with van der Waals surface area (Å²) in [6.45, 7) is 2.53. The zero-order valence-electron chi connectivity index (χ0n) is 11.1. The Labute approximate surface area is 129 Å². The molecule has 0 aliphatic carbocycles. The fourth-order valence-corrected chi connectivity index (χ4v) is 2.41. The molecule has 110 valence electrons. The van der Waals surface area contributed by atoms with Crippen molar-refractivity contribution in [2.24, 2.45) is 0 Å². The van der Waals surface area contributed by atoms with Gasteiger partial charge in [-0.05, 0) is 38.1 Å². The van der Waals surface area contributed by atoms with Crippen LogP contribution in [0, 0.1) is 0 Å². The quantitative estimate of drug-likeness (QED) is 0.673. The fourth-order valence-electron chi connectivity index (χ4n) is 1.25. The Morgan fingerprint density at radius 3 is 2.45 bits per heavy atom. The lowest BCUT2D eigenvalue weighted by Crippen LogP contribution is -2.48. The third kappa shape index (κ3) is 5.15. The number of aliphatic hydroxyl groups is 1. The SMILES string of the molecule is CC(Sc1ccc(Br)cc1)C(=O)NCC(C)(O)C(=O)O. The lowest BCUT2D eigenvalue weighted by molar-refractivity contribution is -0.156. The molecule has 0 aliphatic heterocycles. The lowest BCUT2D eigenvalue weighted by Gasteiger charge is -2.19. The Morgan fingerprint density at radius 1 is 1.40 bits per heavy atom. The molecule has 20 heavy (non-hydrogen) atoms. The second-order valence-electron chi connectivity index (χ2n) is 4.51. The molecule has 0 heterocycles. The smallest absolute Gasteiger partial charge is 0.337 e. The van der Waals surface area contributed by atoms with Gasteiger partial charge in [-0.2, -0.15) is 0 Å². The number of rotatable bonds is 6. The van der Waals surface area contributed by atoms with Crippen molar-refractivity contribution in [3.05, 3.63) is 28.7 Å². The van der Waals surface area contributed by atoms with E-state index in [-0.39, 0.29) is 17.7 Å². The molecule has 0 saturated heterocycles. The number of benzene rings is 1. The summed E-state index contributed by atoms with van der Waals surface area (Å²) in [5.74, 6) is -1.69. The predicted molar refractivity (Wildman–Crippen MR) is 80.7 cm³/mol. The summed E-state index contributed by atoms with van der Waals surface area (Å²) in [6, 6.07) is 7.52. The highest BCUT2D eigenvalue weighted by Crippen LogP contribution is 2.24. The first-order valence-electron chi connectivity index (χ1n) is 5.88. The first-order chi connectivity index (χ1) is 9.22. The van der Waals surface area contributed by atoms with Crippen LogP contribution in [0.15, 0.2) is 33.6 Å². The number of carboxylic acid groups (broad SMARTS) is 1. The third-order valence-corrected chi connectivity index (χ3v) is 4.20. The minimum absolute atomic E-state index is 0.320. The van der Waals surface area contributed by atoms with E-state index in [0.29, 0.717) is 0 Å². The van der Waals surface area contributed by atoms with Gasteiger partial charge < -0.3 is 15.5 Å². The molecule has 1 aromatic carbocycles. The molecule has 2 atom stereocenters. The van der Waals surface area contributed by atoms with Crippen molar-refractivity contribution < 1.29 is 19.8 Å². The molecule has 0 bridgehead atoms. The molecule has 0 aromatic heterocycles. The molecule has 5 nitrogen and oxygen atoms in total. The van der Waals surface area contributed by atoms with Gasteiger partial charge in [-0.15, -0.1) is 11.8 Å². The Morgan fingerprint density at radius 2 is 1.95 bits per heavy atom. The molecule has 7 heteroatoms. The third-order valence-electron chi connectivity index (χ3n) is 2.56. The summed E-state index contributed by atoms with van der Waals surface area (Å²) in [7, 11) is 0. The van der Waals surface area contributed by atoms with E-state index in [1.807, 2.05) is 24.3 Å². The molecule has 0 aliphatic rings. The van der Waals surface area contributed by atoms with E-state index in [2.05, 4.69) is 21.2 Å². The summed E-state index contributed by atoms with van der Waals surface area (Å²) < 4.78 is 0.955. The highest BCUT2D eigenvalue weighted by Gasteiger charge is 2.30. The maximum absolute atomic E-state index is 11.8. The molecule has 3 N–H and O–H groups in total. The average molecular weight is 362 g/mol. The first-order valence-corrected chi connectivity index (χ1v) is 7.55. The fraction of sp³-hybridized carbons (Fsp3) is 0.385. The standard InChI is InChI=1S/C13H16BrNO4S/c1-8(20-10-5-3-9(14)4-6-10)11(16)15-7-13(2,19)12(17)18/h3-6,8,19H,7H2,1-2H3,(H,15,16)(H,17,18). The predicted octanol–water partition coefficient (Wildman–Crippen LogP) is 1.88. The maximum Gasteiger partial charge on any atom is 0.337 e. The van der Waals surface area contributed by atoms with Crippen LogP contribution in [-0.4, -0.2) is 39.5 Å². The Kier molecular flexibility index (Phi) is 6.04. The molecule has 0 spiro atoms. The Hall–Kier alpha value is -1.05. The molecule has 1 rings (SSSR count). The second kappa shape index (κ2) is 7.10. The van der Waals surface area contributed by atoms with Crippen molar-refractivity contribution in [3.63, 3.8) is 0 Å². The molecule has 0 saturated carbocycles. The second-order valence-corrected chi connectivity index (χ2v) is 6.84. The summed E-state index contributed by atoms with van der Waals surface area (Å²) in [5, 5.41) is 20.3. The largest absolute Gasteiger partial charge is 0.479 e. The highest BCUT2D eigenvalue weighted by molar-refractivity contribution is 9.10. The minimum atomic E-state index is -1.96. The number of carbonyl (C=O) groups is 2. The van der Waals surface area contributed by atoms with Gasteiger partial charge in [0, 0.05) is 9.37 Å². The van der Waals surface area contributed by atoms with Crippen molar-refractivity contribution >= 4 is 39.6 Å². The van der Waals surface area contributed by atoms with Crippen LogP contribution in [0.3, 0.4) is 0 Å². The van der Waals surface area contributed by atoms with Crippen LogP contribution >= 0.6 is 27.7 Å². The normalized spacial score (nSPS) is 15.2. The van der Waals surface area contributed by atoms with E-state index in [4.69, 9.17) is 5.11 Å². The topological polar surface area (TPSA) is 86.6 Å². The van der Waals surface area contributed by atoms with Gasteiger partial charge in [0.2, 0.25) is 5.91 Å².